The average molecular weight is 478 g/mol. The molecule has 0 saturated heterocycles. The van der Waals surface area contributed by atoms with Gasteiger partial charge in [0.05, 0.1) is 12.6 Å². The van der Waals surface area contributed by atoms with Crippen molar-refractivity contribution in [2.45, 2.75) is 64.6 Å². The predicted molar refractivity (Wildman–Crippen MR) is 123 cm³/mol. The van der Waals surface area contributed by atoms with Crippen LogP contribution in [0.2, 0.25) is 0 Å². The highest BCUT2D eigenvalue weighted by atomic mass is 127. The van der Waals surface area contributed by atoms with Crippen LogP contribution in [0.1, 0.15) is 46.5 Å². The first-order valence-corrected chi connectivity index (χ1v) is 9.70. The molecule has 1 rings (SSSR count). The van der Waals surface area contributed by atoms with Gasteiger partial charge in [-0.2, -0.15) is 0 Å². The lowest BCUT2D eigenvalue weighted by atomic mass is 9.93. The number of aliphatic hydroxyl groups excluding tert-OH is 1. The molecule has 0 aromatic carbocycles. The Morgan fingerprint density at radius 3 is 2.23 bits per heavy atom. The lowest BCUT2D eigenvalue weighted by Gasteiger charge is -2.32. The molecule has 0 aromatic rings. The first-order chi connectivity index (χ1) is 12.0. The molecule has 0 amide bonds. The molecule has 26 heavy (non-hydrogen) atoms. The van der Waals surface area contributed by atoms with Crippen molar-refractivity contribution in [1.82, 2.24) is 15.5 Å². The van der Waals surface area contributed by atoms with E-state index >= 15 is 0 Å². The zero-order valence-corrected chi connectivity index (χ0v) is 19.1. The van der Waals surface area contributed by atoms with Gasteiger partial charge in [0.25, 0.3) is 0 Å². The summed E-state index contributed by atoms with van der Waals surface area (Å²) in [5, 5.41) is 16.6. The Bertz CT molecular complexity index is 410. The van der Waals surface area contributed by atoms with E-state index in [-0.39, 0.29) is 30.1 Å². The van der Waals surface area contributed by atoms with Crippen LogP contribution < -0.4 is 10.6 Å². The smallest absolute Gasteiger partial charge is 0.191 e. The molecule has 0 bridgehead atoms. The van der Waals surface area contributed by atoms with Crippen LogP contribution in [0.15, 0.2) is 30.3 Å². The van der Waals surface area contributed by atoms with Crippen molar-refractivity contribution < 1.29 is 5.11 Å². The molecule has 1 atom stereocenters. The first kappa shape index (κ1) is 25.4. The average Bonchev–Trinajstić information content (AvgIpc) is 2.57. The summed E-state index contributed by atoms with van der Waals surface area (Å²) in [6, 6.07) is 0.746. The number of hydrogen-bond donors (Lipinski definition) is 3. The van der Waals surface area contributed by atoms with Gasteiger partial charge >= 0.3 is 0 Å². The molecule has 1 unspecified atom stereocenters. The number of aliphatic imine (C=N–C) groups is 1. The van der Waals surface area contributed by atoms with Gasteiger partial charge in [-0.05, 0) is 38.5 Å². The van der Waals surface area contributed by atoms with Crippen LogP contribution in [0.3, 0.4) is 0 Å². The molecular weight excluding hydrogens is 439 g/mol. The number of rotatable bonds is 10. The van der Waals surface area contributed by atoms with Crippen molar-refractivity contribution in [2.75, 3.05) is 26.2 Å². The Hall–Kier alpha value is -0.600. The fraction of sp³-hybridized carbons (Fsp3) is 0.750. The van der Waals surface area contributed by atoms with E-state index in [1.807, 2.05) is 12.2 Å². The maximum atomic E-state index is 9.67. The molecule has 1 fully saturated rings. The molecule has 6 heteroatoms. The number of guanidine groups is 1. The lowest BCUT2D eigenvalue weighted by molar-refractivity contribution is 0.120. The number of halogens is 1. The fourth-order valence-electron chi connectivity index (χ4n) is 3.34. The van der Waals surface area contributed by atoms with E-state index in [0.717, 1.165) is 57.8 Å². The molecule has 5 nitrogen and oxygen atoms in total. The van der Waals surface area contributed by atoms with Crippen LogP contribution in [-0.2, 0) is 0 Å². The predicted octanol–water partition coefficient (Wildman–Crippen LogP) is 3.16. The molecular formula is C20H39IN4O. The minimum Gasteiger partial charge on any atom is -0.393 e. The van der Waals surface area contributed by atoms with Crippen LogP contribution in [0.4, 0.5) is 0 Å². The summed E-state index contributed by atoms with van der Waals surface area (Å²) in [7, 11) is 0. The van der Waals surface area contributed by atoms with Crippen LogP contribution in [-0.4, -0.2) is 60.3 Å². The van der Waals surface area contributed by atoms with E-state index in [9.17, 15) is 5.11 Å². The molecule has 0 spiro atoms. The molecule has 0 radical (unpaired) electrons. The summed E-state index contributed by atoms with van der Waals surface area (Å²) in [4.78, 5) is 7.22. The van der Waals surface area contributed by atoms with Crippen LogP contribution >= 0.6 is 24.0 Å². The van der Waals surface area contributed by atoms with Gasteiger partial charge in [0.2, 0.25) is 0 Å². The summed E-state index contributed by atoms with van der Waals surface area (Å²) in [6.07, 6.45) is 7.50. The second-order valence-electron chi connectivity index (χ2n) is 7.21. The minimum atomic E-state index is -0.130. The van der Waals surface area contributed by atoms with Crippen molar-refractivity contribution in [1.29, 1.82) is 0 Å². The van der Waals surface area contributed by atoms with Crippen molar-refractivity contribution in [3.63, 3.8) is 0 Å². The van der Waals surface area contributed by atoms with Crippen molar-refractivity contribution in [2.24, 2.45) is 10.9 Å². The molecule has 0 heterocycles. The highest BCUT2D eigenvalue weighted by molar-refractivity contribution is 14.0. The van der Waals surface area contributed by atoms with Crippen LogP contribution in [0, 0.1) is 5.92 Å². The third kappa shape index (κ3) is 9.37. The molecule has 0 aliphatic heterocycles. The fourth-order valence-corrected chi connectivity index (χ4v) is 3.34. The highest BCUT2D eigenvalue weighted by Crippen LogP contribution is 2.18. The molecule has 0 aromatic heterocycles. The van der Waals surface area contributed by atoms with Crippen LogP contribution in [0.25, 0.3) is 0 Å². The van der Waals surface area contributed by atoms with E-state index in [2.05, 4.69) is 49.5 Å². The van der Waals surface area contributed by atoms with Gasteiger partial charge in [-0.25, -0.2) is 0 Å². The van der Waals surface area contributed by atoms with Crippen LogP contribution in [0.5, 0.6) is 0 Å². The summed E-state index contributed by atoms with van der Waals surface area (Å²) >= 11 is 0. The number of hydrogen-bond acceptors (Lipinski definition) is 3. The van der Waals surface area contributed by atoms with Gasteiger partial charge < -0.3 is 15.7 Å². The zero-order valence-electron chi connectivity index (χ0n) is 16.8. The third-order valence-corrected chi connectivity index (χ3v) is 4.78. The highest BCUT2D eigenvalue weighted by Gasteiger charge is 2.22. The summed E-state index contributed by atoms with van der Waals surface area (Å²) in [6.45, 7) is 17.6. The molecule has 1 aliphatic carbocycles. The van der Waals surface area contributed by atoms with E-state index in [1.54, 1.807) is 0 Å². The zero-order chi connectivity index (χ0) is 18.7. The molecule has 3 N–H and O–H groups in total. The van der Waals surface area contributed by atoms with Crippen molar-refractivity contribution in [3.8, 4) is 0 Å². The molecule has 1 saturated carbocycles. The standard InChI is InChI=1S/C20H38N4O.HI/c1-6-13-24(14-7-2)19(16(4)5)15-22-20(21-8-3)23-17-9-11-18(25)12-10-17;/h6-7,16-19,25H,1-2,8-15H2,3-5H3,(H2,21,22,23);1H. The van der Waals surface area contributed by atoms with E-state index in [4.69, 9.17) is 4.99 Å². The summed E-state index contributed by atoms with van der Waals surface area (Å²) in [5.74, 6) is 1.38. The van der Waals surface area contributed by atoms with Gasteiger partial charge in [-0.15, -0.1) is 37.1 Å². The van der Waals surface area contributed by atoms with Gasteiger partial charge in [-0.3, -0.25) is 9.89 Å². The third-order valence-electron chi connectivity index (χ3n) is 4.78. The second kappa shape index (κ2) is 14.5. The monoisotopic (exact) mass is 478 g/mol. The Morgan fingerprint density at radius 2 is 1.77 bits per heavy atom. The summed E-state index contributed by atoms with van der Waals surface area (Å²) in [5.41, 5.74) is 0. The van der Waals surface area contributed by atoms with Crippen molar-refractivity contribution >= 4 is 29.9 Å². The quantitative estimate of drug-likeness (QED) is 0.196. The second-order valence-corrected chi connectivity index (χ2v) is 7.21. The number of nitrogens with one attached hydrogen (secondary N) is 2. The van der Waals surface area contributed by atoms with E-state index < -0.39 is 0 Å². The minimum absolute atomic E-state index is 0. The SMILES string of the molecule is C=CCN(CC=C)C(CN=C(NCC)NC1CCC(O)CC1)C(C)C.I. The first-order valence-electron chi connectivity index (χ1n) is 9.70. The van der Waals surface area contributed by atoms with E-state index in [1.165, 1.54) is 0 Å². The Labute approximate surface area is 177 Å². The van der Waals surface area contributed by atoms with Gasteiger partial charge in [0, 0.05) is 31.7 Å². The summed E-state index contributed by atoms with van der Waals surface area (Å²) < 4.78 is 0. The van der Waals surface area contributed by atoms with Gasteiger partial charge in [0.15, 0.2) is 5.96 Å². The largest absolute Gasteiger partial charge is 0.393 e. The normalized spacial score (nSPS) is 21.8. The maximum Gasteiger partial charge on any atom is 0.191 e. The van der Waals surface area contributed by atoms with Crippen molar-refractivity contribution in [3.05, 3.63) is 25.3 Å². The number of aliphatic hydroxyl groups is 1. The lowest BCUT2D eigenvalue weighted by Crippen LogP contribution is -2.47. The topological polar surface area (TPSA) is 59.9 Å². The Morgan fingerprint density at radius 1 is 1.19 bits per heavy atom. The Balaban J connectivity index is 0.00000625. The molecule has 1 aliphatic rings. The maximum absolute atomic E-state index is 9.67. The Kier molecular flexibility index (Phi) is 14.1. The molecule has 152 valence electrons. The van der Waals surface area contributed by atoms with Gasteiger partial charge in [0.1, 0.15) is 0 Å². The van der Waals surface area contributed by atoms with Gasteiger partial charge in [-0.1, -0.05) is 26.0 Å². The van der Waals surface area contributed by atoms with E-state index in [0.29, 0.717) is 18.0 Å². The number of nitrogens with zero attached hydrogens (tertiary/aromatic N) is 2.